The second-order valence-electron chi connectivity index (χ2n) is 8.50. The van der Waals surface area contributed by atoms with Crippen molar-refractivity contribution in [2.45, 2.75) is 43.6 Å². The van der Waals surface area contributed by atoms with Crippen LogP contribution in [0.25, 0.3) is 0 Å². The molecular formula is C20H28ClFN6O. The van der Waals surface area contributed by atoms with Gasteiger partial charge in [-0.2, -0.15) is 0 Å². The van der Waals surface area contributed by atoms with E-state index in [1.54, 1.807) is 0 Å². The highest BCUT2D eigenvalue weighted by molar-refractivity contribution is 6.20. The zero-order chi connectivity index (χ0) is 20.1. The number of amides is 1. The van der Waals surface area contributed by atoms with Gasteiger partial charge < -0.3 is 20.9 Å². The molecule has 0 aromatic heterocycles. The van der Waals surface area contributed by atoms with Crippen LogP contribution in [0.5, 0.6) is 0 Å². The van der Waals surface area contributed by atoms with Crippen LogP contribution in [0, 0.1) is 5.82 Å². The maximum absolute atomic E-state index is 14.1. The molecule has 1 aromatic rings. The van der Waals surface area contributed by atoms with Crippen molar-refractivity contribution in [3.05, 3.63) is 23.5 Å². The van der Waals surface area contributed by atoms with Gasteiger partial charge in [-0.15, -0.1) is 11.6 Å². The molecular weight excluding hydrogens is 395 g/mol. The molecule has 3 N–H and O–H groups in total. The van der Waals surface area contributed by atoms with E-state index in [0.29, 0.717) is 24.0 Å². The van der Waals surface area contributed by atoms with Crippen molar-refractivity contribution in [1.82, 2.24) is 20.4 Å². The molecule has 4 heterocycles. The fourth-order valence-electron chi connectivity index (χ4n) is 5.07. The van der Waals surface area contributed by atoms with Gasteiger partial charge in [0.15, 0.2) is 6.29 Å². The summed E-state index contributed by atoms with van der Waals surface area (Å²) >= 11 is 6.21. The van der Waals surface area contributed by atoms with E-state index in [0.717, 1.165) is 51.3 Å². The Hall–Kier alpha value is -1.61. The molecule has 9 heteroatoms. The minimum Gasteiger partial charge on any atom is -0.351 e. The Bertz CT molecular complexity index is 793. The zero-order valence-corrected chi connectivity index (χ0v) is 17.4. The smallest absolute Gasteiger partial charge is 0.253 e. The first-order valence-corrected chi connectivity index (χ1v) is 11.0. The number of benzene rings is 1. The number of piperazine rings is 1. The highest BCUT2D eigenvalue weighted by atomic mass is 35.5. The predicted octanol–water partition coefficient (Wildman–Crippen LogP) is 1.41. The Morgan fingerprint density at radius 1 is 1.10 bits per heavy atom. The molecule has 7 nitrogen and oxygen atoms in total. The van der Waals surface area contributed by atoms with E-state index in [-0.39, 0.29) is 29.4 Å². The molecule has 158 valence electrons. The van der Waals surface area contributed by atoms with Crippen LogP contribution in [0.15, 0.2) is 12.1 Å². The zero-order valence-electron chi connectivity index (χ0n) is 16.6. The van der Waals surface area contributed by atoms with Crippen molar-refractivity contribution < 1.29 is 9.18 Å². The van der Waals surface area contributed by atoms with E-state index in [9.17, 15) is 9.18 Å². The number of nitrogens with one attached hydrogen (secondary N) is 3. The summed E-state index contributed by atoms with van der Waals surface area (Å²) in [7, 11) is 0. The first-order chi connectivity index (χ1) is 14.0. The molecule has 0 radical (unpaired) electrons. The van der Waals surface area contributed by atoms with Crippen LogP contribution in [0.4, 0.5) is 15.8 Å². The first kappa shape index (κ1) is 19.4. The van der Waals surface area contributed by atoms with Gasteiger partial charge in [0.2, 0.25) is 0 Å². The molecule has 4 atom stereocenters. The monoisotopic (exact) mass is 422 g/mol. The van der Waals surface area contributed by atoms with Crippen LogP contribution in [0.2, 0.25) is 0 Å². The van der Waals surface area contributed by atoms with Crippen LogP contribution in [-0.4, -0.2) is 78.8 Å². The van der Waals surface area contributed by atoms with Gasteiger partial charge in [0.25, 0.3) is 5.91 Å². The molecule has 0 aliphatic carbocycles. The minimum atomic E-state index is -0.387. The molecule has 29 heavy (non-hydrogen) atoms. The average molecular weight is 423 g/mol. The van der Waals surface area contributed by atoms with E-state index in [4.69, 9.17) is 11.6 Å². The third kappa shape index (κ3) is 3.46. The number of halogens is 2. The highest BCUT2D eigenvalue weighted by Gasteiger charge is 2.42. The lowest BCUT2D eigenvalue weighted by Crippen LogP contribution is -2.62. The van der Waals surface area contributed by atoms with E-state index in [1.807, 2.05) is 0 Å². The fourth-order valence-corrected chi connectivity index (χ4v) is 5.28. The lowest BCUT2D eigenvalue weighted by Gasteiger charge is -2.45. The molecule has 1 amide bonds. The van der Waals surface area contributed by atoms with Crippen molar-refractivity contribution in [1.29, 1.82) is 0 Å². The molecule has 0 bridgehead atoms. The van der Waals surface area contributed by atoms with Crippen molar-refractivity contribution in [3.8, 4) is 0 Å². The Balaban J connectivity index is 1.33. The van der Waals surface area contributed by atoms with E-state index in [1.165, 1.54) is 12.1 Å². The summed E-state index contributed by atoms with van der Waals surface area (Å²) < 4.78 is 14.1. The second-order valence-corrected chi connectivity index (χ2v) is 9.12. The van der Waals surface area contributed by atoms with E-state index < -0.39 is 0 Å². The maximum atomic E-state index is 14.1. The van der Waals surface area contributed by atoms with Crippen molar-refractivity contribution in [2.24, 2.45) is 0 Å². The van der Waals surface area contributed by atoms with Gasteiger partial charge in [-0.25, -0.2) is 4.39 Å². The minimum absolute atomic E-state index is 0.0677. The van der Waals surface area contributed by atoms with Crippen molar-refractivity contribution >= 4 is 28.9 Å². The quantitative estimate of drug-likeness (QED) is 0.626. The molecule has 0 saturated carbocycles. The number of nitrogens with zero attached hydrogens (tertiary/aromatic N) is 3. The average Bonchev–Trinajstić information content (AvgIpc) is 3.05. The summed E-state index contributed by atoms with van der Waals surface area (Å²) in [5.41, 5.74) is 1.95. The molecule has 1 aromatic carbocycles. The summed E-state index contributed by atoms with van der Waals surface area (Å²) in [6.45, 7) is 7.28. The molecule has 4 aliphatic heterocycles. The topological polar surface area (TPSA) is 62.9 Å². The molecule has 3 unspecified atom stereocenters. The number of piperidine rings is 1. The summed E-state index contributed by atoms with van der Waals surface area (Å²) in [5, 5.41) is 10.2. The Labute approximate surface area is 175 Å². The summed E-state index contributed by atoms with van der Waals surface area (Å²) in [4.78, 5) is 19.6. The van der Waals surface area contributed by atoms with E-state index in [2.05, 4.69) is 37.6 Å². The fraction of sp³-hybridized carbons (Fsp3) is 0.650. The number of alkyl halides is 1. The number of rotatable bonds is 2. The van der Waals surface area contributed by atoms with Crippen LogP contribution in [0.1, 0.15) is 30.1 Å². The molecule has 5 rings (SSSR count). The van der Waals surface area contributed by atoms with Gasteiger partial charge in [0.1, 0.15) is 5.82 Å². The van der Waals surface area contributed by atoms with Crippen LogP contribution in [-0.2, 0) is 0 Å². The Morgan fingerprint density at radius 3 is 2.59 bits per heavy atom. The summed E-state index contributed by atoms with van der Waals surface area (Å²) in [6.07, 6.45) is 2.47. The summed E-state index contributed by atoms with van der Waals surface area (Å²) in [5.74, 6) is -0.592. The maximum Gasteiger partial charge on any atom is 0.253 e. The van der Waals surface area contributed by atoms with Gasteiger partial charge in [-0.05, 0) is 31.9 Å². The van der Waals surface area contributed by atoms with Crippen LogP contribution in [0.3, 0.4) is 0 Å². The van der Waals surface area contributed by atoms with Crippen molar-refractivity contribution in [3.63, 3.8) is 0 Å². The normalized spacial score (nSPS) is 33.1. The molecule has 2 fully saturated rings. The van der Waals surface area contributed by atoms with Gasteiger partial charge in [0, 0.05) is 50.7 Å². The van der Waals surface area contributed by atoms with Gasteiger partial charge in [-0.1, -0.05) is 0 Å². The molecule has 4 aliphatic rings. The standard InChI is InChI=1S/C20H28ClFN6O/c1-12-10-24-19(29)15-8-14(22)9-16-18(15)28(12)20(25-16)27-6-4-26(5-7-27)17-3-2-13(21)11-23-17/h8-9,12-13,17,20,23,25H,2-7,10-11H2,1H3,(H,24,29)/t12-,13?,17?,20?/m0/s1. The number of carbonyl (C=O) groups is 1. The predicted molar refractivity (Wildman–Crippen MR) is 112 cm³/mol. The third-order valence-electron chi connectivity index (χ3n) is 6.62. The van der Waals surface area contributed by atoms with Crippen molar-refractivity contribution in [2.75, 3.05) is 49.5 Å². The number of carbonyl (C=O) groups excluding carboxylic acids is 1. The Kier molecular flexibility index (Phi) is 5.06. The first-order valence-electron chi connectivity index (χ1n) is 10.5. The lowest BCUT2D eigenvalue weighted by molar-refractivity contribution is 0.0531. The second kappa shape index (κ2) is 7.58. The van der Waals surface area contributed by atoms with Gasteiger partial charge in [0.05, 0.1) is 23.1 Å². The summed E-state index contributed by atoms with van der Waals surface area (Å²) in [6, 6.07) is 2.96. The Morgan fingerprint density at radius 2 is 1.86 bits per heavy atom. The van der Waals surface area contributed by atoms with E-state index >= 15 is 0 Å². The molecule has 2 saturated heterocycles. The third-order valence-corrected chi connectivity index (χ3v) is 6.99. The number of anilines is 2. The van der Waals surface area contributed by atoms with Crippen LogP contribution < -0.4 is 20.9 Å². The van der Waals surface area contributed by atoms with Crippen LogP contribution >= 0.6 is 11.6 Å². The highest BCUT2D eigenvalue weighted by Crippen LogP contribution is 2.42. The number of hydrogen-bond acceptors (Lipinski definition) is 6. The SMILES string of the molecule is C[C@H]1CNC(=O)c2cc(F)cc3c2N1C(N1CCN(C2CCC(Cl)CN2)CC1)N3. The van der Waals surface area contributed by atoms with Gasteiger partial charge >= 0.3 is 0 Å². The lowest BCUT2D eigenvalue weighted by atomic mass is 10.1. The molecule has 0 spiro atoms. The largest absolute Gasteiger partial charge is 0.351 e. The van der Waals surface area contributed by atoms with Gasteiger partial charge in [-0.3, -0.25) is 14.6 Å². The number of hydrogen-bond donors (Lipinski definition) is 3.